The number of aromatic nitrogens is 2. The molecule has 0 unspecified atom stereocenters. The van der Waals surface area contributed by atoms with Crippen LogP contribution >= 0.6 is 11.3 Å². The molecule has 40 heavy (non-hydrogen) atoms. The van der Waals surface area contributed by atoms with Gasteiger partial charge in [-0.3, -0.25) is 4.79 Å². The summed E-state index contributed by atoms with van der Waals surface area (Å²) in [7, 11) is 0. The number of thiophene rings is 1. The molecule has 0 aliphatic heterocycles. The fraction of sp³-hybridized carbons (Fsp3) is 0.0588. The Hall–Kier alpha value is -4.09. The maximum Gasteiger partial charge on any atom is 0.155 e. The summed E-state index contributed by atoms with van der Waals surface area (Å²) in [5.41, 5.74) is 5.79. The zero-order valence-electron chi connectivity index (χ0n) is 21.7. The molecule has 197 valence electrons. The van der Waals surface area contributed by atoms with Crippen molar-refractivity contribution in [1.29, 1.82) is 0 Å². The molecule has 0 spiro atoms. The van der Waals surface area contributed by atoms with E-state index in [1.165, 1.54) is 78.2 Å². The molecule has 0 amide bonds. The second-order valence-corrected chi connectivity index (χ2v) is 10.8. The summed E-state index contributed by atoms with van der Waals surface area (Å²) in [6.45, 7) is 2.85. The maximum absolute atomic E-state index is 10.0. The van der Waals surface area contributed by atoms with E-state index in [1.54, 1.807) is 0 Å². The van der Waals surface area contributed by atoms with Gasteiger partial charge in [-0.1, -0.05) is 60.0 Å². The van der Waals surface area contributed by atoms with E-state index in [1.807, 2.05) is 35.7 Å². The number of aliphatic hydroxyl groups is 1. The van der Waals surface area contributed by atoms with Crippen molar-refractivity contribution in [2.45, 2.75) is 13.8 Å². The van der Waals surface area contributed by atoms with Gasteiger partial charge < -0.3 is 14.5 Å². The number of hydrogen-bond donors (Lipinski definition) is 1. The minimum Gasteiger partial charge on any atom is -0.512 e. The number of aliphatic hydroxyl groups excluding tert-OH is 1. The Labute approximate surface area is 247 Å². The van der Waals surface area contributed by atoms with Crippen LogP contribution in [0.15, 0.2) is 103 Å². The number of carbonyl (C=O) groups is 1. The molecule has 6 heteroatoms. The predicted octanol–water partition coefficient (Wildman–Crippen LogP) is 9.10. The first-order valence-electron chi connectivity index (χ1n) is 12.7. The molecule has 4 heterocycles. The molecule has 0 aliphatic carbocycles. The average molecular weight is 716 g/mol. The van der Waals surface area contributed by atoms with Gasteiger partial charge in [-0.2, -0.15) is 0 Å². The van der Waals surface area contributed by atoms with E-state index < -0.39 is 0 Å². The van der Waals surface area contributed by atoms with Gasteiger partial charge in [-0.25, -0.2) is 0 Å². The third kappa shape index (κ3) is 4.08. The van der Waals surface area contributed by atoms with E-state index in [0.717, 1.165) is 11.3 Å². The van der Waals surface area contributed by atoms with Crippen LogP contribution in [0.2, 0.25) is 0 Å². The summed E-state index contributed by atoms with van der Waals surface area (Å²) < 4.78 is 5.14. The second kappa shape index (κ2) is 10.1. The topological polar surface area (TPSA) is 54.6 Å². The number of carbonyl (C=O) groups excluding carboxylic acids is 1. The number of rotatable bonds is 2. The van der Waals surface area contributed by atoms with Crippen molar-refractivity contribution in [2.75, 3.05) is 0 Å². The third-order valence-corrected chi connectivity index (χ3v) is 8.24. The van der Waals surface area contributed by atoms with Crippen LogP contribution in [0.25, 0.3) is 69.5 Å². The van der Waals surface area contributed by atoms with Crippen molar-refractivity contribution in [3.05, 3.63) is 109 Å². The predicted molar refractivity (Wildman–Crippen MR) is 163 cm³/mol. The number of para-hydroxylation sites is 1. The third-order valence-electron chi connectivity index (χ3n) is 7.10. The van der Waals surface area contributed by atoms with Gasteiger partial charge in [0.25, 0.3) is 0 Å². The van der Waals surface area contributed by atoms with E-state index in [4.69, 9.17) is 5.11 Å². The monoisotopic (exact) mass is 716 g/mol. The number of allylic oxidation sites excluding steroid dienone is 2. The Bertz CT molecular complexity index is 2220. The minimum absolute atomic E-state index is 0. The summed E-state index contributed by atoms with van der Waals surface area (Å²) in [6, 6.07) is 34.0. The standard InChI is InChI=1S/C29H15N2S.C5H8O2.Ir/c1-2-10-25-21(6-1)27-26(32-25)14-12-20-18-7-5-8-19-22-16-17(23-9-3-4-15-30-23)11-13-24(22)31(28(18)19)29(20)27;1-4(6)3-5(2)7;/h1-10,12-16H;3,6H,1-2H3;/q-1;;/b;4-3-;. The van der Waals surface area contributed by atoms with Crippen LogP contribution in [0, 0.1) is 6.07 Å². The molecule has 4 nitrogen and oxygen atoms in total. The van der Waals surface area contributed by atoms with Gasteiger partial charge in [0.2, 0.25) is 0 Å². The van der Waals surface area contributed by atoms with Crippen molar-refractivity contribution < 1.29 is 30.0 Å². The summed E-state index contributed by atoms with van der Waals surface area (Å²) >= 11 is 1.87. The Kier molecular flexibility index (Phi) is 6.63. The van der Waals surface area contributed by atoms with Gasteiger partial charge in [0.15, 0.2) is 5.78 Å². The zero-order chi connectivity index (χ0) is 26.7. The van der Waals surface area contributed by atoms with Crippen molar-refractivity contribution >= 4 is 75.4 Å². The summed E-state index contributed by atoms with van der Waals surface area (Å²) in [6.07, 6.45) is 3.01. The van der Waals surface area contributed by atoms with E-state index in [0.29, 0.717) is 0 Å². The second-order valence-electron chi connectivity index (χ2n) is 9.73. The van der Waals surface area contributed by atoms with Crippen molar-refractivity contribution in [3.63, 3.8) is 0 Å². The number of ketones is 1. The van der Waals surface area contributed by atoms with Gasteiger partial charge in [0.05, 0.1) is 16.8 Å². The molecule has 1 radical (unpaired) electrons. The van der Waals surface area contributed by atoms with Gasteiger partial charge in [0, 0.05) is 63.3 Å². The van der Waals surface area contributed by atoms with Crippen LogP contribution in [-0.2, 0) is 24.9 Å². The number of benzene rings is 4. The van der Waals surface area contributed by atoms with Crippen LogP contribution in [0.5, 0.6) is 0 Å². The Morgan fingerprint density at radius 1 is 0.850 bits per heavy atom. The molecule has 0 bridgehead atoms. The molecule has 8 rings (SSSR count). The van der Waals surface area contributed by atoms with Crippen molar-refractivity contribution in [3.8, 4) is 11.3 Å². The average Bonchev–Trinajstić information content (AvgIpc) is 3.59. The quantitative estimate of drug-likeness (QED) is 0.110. The molecule has 4 aromatic heterocycles. The smallest absolute Gasteiger partial charge is 0.155 e. The minimum atomic E-state index is -0.125. The molecule has 0 saturated heterocycles. The Morgan fingerprint density at radius 3 is 2.30 bits per heavy atom. The molecular weight excluding hydrogens is 693 g/mol. The molecule has 1 N–H and O–H groups in total. The van der Waals surface area contributed by atoms with Gasteiger partial charge in [-0.15, -0.1) is 35.1 Å². The number of fused-ring (bicyclic) bond motifs is 10. The molecular formula is C34H23IrN2O2S-. The largest absolute Gasteiger partial charge is 0.512 e. The van der Waals surface area contributed by atoms with E-state index >= 15 is 0 Å². The summed E-state index contributed by atoms with van der Waals surface area (Å²) in [5.74, 6) is -0.0625. The van der Waals surface area contributed by atoms with Gasteiger partial charge in [-0.05, 0) is 48.6 Å². The summed E-state index contributed by atoms with van der Waals surface area (Å²) in [4.78, 5) is 14.6. The molecule has 0 saturated carbocycles. The maximum atomic E-state index is 10.0. The van der Waals surface area contributed by atoms with Crippen LogP contribution in [0.4, 0.5) is 0 Å². The zero-order valence-corrected chi connectivity index (χ0v) is 24.9. The molecule has 0 atom stereocenters. The van der Waals surface area contributed by atoms with E-state index in [-0.39, 0.29) is 31.6 Å². The first-order chi connectivity index (χ1) is 19.0. The van der Waals surface area contributed by atoms with E-state index in [9.17, 15) is 4.79 Å². The van der Waals surface area contributed by atoms with Gasteiger partial charge in [0.1, 0.15) is 0 Å². The van der Waals surface area contributed by atoms with Gasteiger partial charge >= 0.3 is 0 Å². The number of pyridine rings is 1. The fourth-order valence-electron chi connectivity index (χ4n) is 5.67. The fourth-order valence-corrected chi connectivity index (χ4v) is 6.78. The SMILES string of the molecule is CC(=O)/C=C(/C)O.[Ir].[c-]1cc2c(cc1-c1ccccn1)c1cccc3c4ccc5sc6ccccc6c5c4n2c13. The molecule has 8 aromatic rings. The molecule has 0 aliphatic rings. The van der Waals surface area contributed by atoms with Crippen LogP contribution in [0.1, 0.15) is 13.8 Å². The van der Waals surface area contributed by atoms with Crippen LogP contribution in [-0.4, -0.2) is 20.3 Å². The number of hydrogen-bond acceptors (Lipinski definition) is 4. The van der Waals surface area contributed by atoms with Crippen LogP contribution in [0.3, 0.4) is 0 Å². The first kappa shape index (κ1) is 26.1. The van der Waals surface area contributed by atoms with Crippen molar-refractivity contribution in [1.82, 2.24) is 9.38 Å². The molecule has 0 fully saturated rings. The Morgan fingerprint density at radius 2 is 1.57 bits per heavy atom. The summed E-state index contributed by atoms with van der Waals surface area (Å²) in [5, 5.41) is 16.2. The number of nitrogens with zero attached hydrogens (tertiary/aromatic N) is 2. The molecule has 4 aromatic carbocycles. The Balaban J connectivity index is 0.000000325. The normalized spacial score (nSPS) is 11.9. The van der Waals surface area contributed by atoms with E-state index in [2.05, 4.69) is 82.2 Å². The first-order valence-corrected chi connectivity index (χ1v) is 13.6. The van der Waals surface area contributed by atoms with Crippen LogP contribution < -0.4 is 0 Å². The van der Waals surface area contributed by atoms with Crippen molar-refractivity contribution in [2.24, 2.45) is 0 Å².